The molecule has 0 fully saturated rings. The molecule has 0 aliphatic rings. The molecule has 3 aromatic rings. The molecule has 0 aliphatic heterocycles. The van der Waals surface area contributed by atoms with Gasteiger partial charge in [-0.3, -0.25) is 4.79 Å². The molecule has 0 unspecified atom stereocenters. The fraction of sp³-hybridized carbons (Fsp3) is 0.143. The zero-order chi connectivity index (χ0) is 13.9. The molecule has 5 nitrogen and oxygen atoms in total. The summed E-state index contributed by atoms with van der Waals surface area (Å²) in [6.45, 7) is 0.906. The zero-order valence-corrected chi connectivity index (χ0v) is 11.5. The van der Waals surface area contributed by atoms with E-state index >= 15 is 0 Å². The Labute approximate surface area is 119 Å². The average molecular weight is 287 g/mol. The van der Waals surface area contributed by atoms with E-state index in [9.17, 15) is 4.79 Å². The first-order chi connectivity index (χ1) is 9.79. The van der Waals surface area contributed by atoms with E-state index < -0.39 is 0 Å². The summed E-state index contributed by atoms with van der Waals surface area (Å²) in [5.41, 5.74) is 6.12. The van der Waals surface area contributed by atoms with Crippen molar-refractivity contribution in [2.24, 2.45) is 5.73 Å². The van der Waals surface area contributed by atoms with Gasteiger partial charge in [-0.05, 0) is 35.8 Å². The number of nitrogens with two attached hydrogens (primary N) is 1. The standard InChI is InChI=1S/C14H13N3O2S/c15-6-8-19-11-4-1-3-10(9-11)17-14(18)12-5-2-7-16-13(12)20-17/h1-5,7,9H,6,8,15H2. The number of rotatable bonds is 4. The van der Waals surface area contributed by atoms with Gasteiger partial charge in [-0.25, -0.2) is 8.94 Å². The molecule has 0 atom stereocenters. The van der Waals surface area contributed by atoms with Crippen LogP contribution in [0.2, 0.25) is 0 Å². The van der Waals surface area contributed by atoms with Gasteiger partial charge in [-0.15, -0.1) is 0 Å². The first kappa shape index (κ1) is 12.8. The maximum absolute atomic E-state index is 12.3. The normalized spacial score (nSPS) is 10.8. The van der Waals surface area contributed by atoms with Crippen molar-refractivity contribution >= 4 is 21.7 Å². The maximum Gasteiger partial charge on any atom is 0.274 e. The number of ether oxygens (including phenoxy) is 1. The molecule has 6 heteroatoms. The van der Waals surface area contributed by atoms with Gasteiger partial charge in [-0.2, -0.15) is 0 Å². The lowest BCUT2D eigenvalue weighted by Gasteiger charge is -2.06. The number of fused-ring (bicyclic) bond motifs is 1. The molecule has 2 heterocycles. The van der Waals surface area contributed by atoms with Gasteiger partial charge in [-0.1, -0.05) is 6.07 Å². The van der Waals surface area contributed by atoms with Crippen LogP contribution in [0.1, 0.15) is 0 Å². The van der Waals surface area contributed by atoms with Gasteiger partial charge in [0, 0.05) is 18.8 Å². The summed E-state index contributed by atoms with van der Waals surface area (Å²) in [6, 6.07) is 10.9. The summed E-state index contributed by atoms with van der Waals surface area (Å²) < 4.78 is 7.10. The van der Waals surface area contributed by atoms with Crippen molar-refractivity contribution in [2.45, 2.75) is 0 Å². The first-order valence-electron chi connectivity index (χ1n) is 6.20. The third-order valence-corrected chi connectivity index (χ3v) is 3.86. The van der Waals surface area contributed by atoms with Gasteiger partial charge >= 0.3 is 0 Å². The lowest BCUT2D eigenvalue weighted by molar-refractivity contribution is 0.328. The third-order valence-electron chi connectivity index (χ3n) is 2.80. The Balaban J connectivity index is 2.06. The average Bonchev–Trinajstić information content (AvgIpc) is 2.83. The quantitative estimate of drug-likeness (QED) is 0.794. The highest BCUT2D eigenvalue weighted by Crippen LogP contribution is 2.21. The van der Waals surface area contributed by atoms with E-state index in [-0.39, 0.29) is 5.56 Å². The molecule has 1 aromatic carbocycles. The zero-order valence-electron chi connectivity index (χ0n) is 10.7. The highest BCUT2D eigenvalue weighted by molar-refractivity contribution is 7.13. The van der Waals surface area contributed by atoms with Crippen LogP contribution in [0.4, 0.5) is 0 Å². The van der Waals surface area contributed by atoms with Crippen molar-refractivity contribution in [3.63, 3.8) is 0 Å². The molecular weight excluding hydrogens is 274 g/mol. The van der Waals surface area contributed by atoms with E-state index in [0.717, 1.165) is 10.5 Å². The molecular formula is C14H13N3O2S. The highest BCUT2D eigenvalue weighted by Gasteiger charge is 2.10. The van der Waals surface area contributed by atoms with Crippen LogP contribution in [-0.2, 0) is 0 Å². The SMILES string of the molecule is NCCOc1cccc(-n2sc3ncccc3c2=O)c1. The van der Waals surface area contributed by atoms with Crippen LogP contribution in [-0.4, -0.2) is 22.1 Å². The van der Waals surface area contributed by atoms with Gasteiger partial charge in [0.15, 0.2) is 0 Å². The van der Waals surface area contributed by atoms with Crippen LogP contribution >= 0.6 is 11.5 Å². The van der Waals surface area contributed by atoms with Crippen molar-refractivity contribution in [1.29, 1.82) is 0 Å². The van der Waals surface area contributed by atoms with Crippen molar-refractivity contribution in [1.82, 2.24) is 8.94 Å². The first-order valence-corrected chi connectivity index (χ1v) is 6.97. The number of hydrogen-bond acceptors (Lipinski definition) is 5. The van der Waals surface area contributed by atoms with Crippen LogP contribution < -0.4 is 16.0 Å². The Kier molecular flexibility index (Phi) is 3.49. The summed E-state index contributed by atoms with van der Waals surface area (Å²) in [5.74, 6) is 0.699. The summed E-state index contributed by atoms with van der Waals surface area (Å²) in [5, 5.41) is 0.630. The van der Waals surface area contributed by atoms with Crippen LogP contribution in [0.25, 0.3) is 15.9 Å². The van der Waals surface area contributed by atoms with Gasteiger partial charge in [0.2, 0.25) is 0 Å². The molecule has 2 N–H and O–H groups in total. The Bertz CT molecular complexity index is 794. The van der Waals surface area contributed by atoms with Crippen LogP contribution in [0, 0.1) is 0 Å². The van der Waals surface area contributed by atoms with E-state index in [1.807, 2.05) is 24.3 Å². The van der Waals surface area contributed by atoms with Crippen molar-refractivity contribution < 1.29 is 4.74 Å². The molecule has 0 radical (unpaired) electrons. The fourth-order valence-electron chi connectivity index (χ4n) is 1.91. The number of pyridine rings is 1. The summed E-state index contributed by atoms with van der Waals surface area (Å²) >= 11 is 1.32. The molecule has 0 spiro atoms. The van der Waals surface area contributed by atoms with Gasteiger partial charge in [0.05, 0.1) is 11.1 Å². The van der Waals surface area contributed by atoms with Crippen LogP contribution in [0.3, 0.4) is 0 Å². The summed E-state index contributed by atoms with van der Waals surface area (Å²) in [4.78, 5) is 17.3. The Morgan fingerprint density at radius 2 is 2.20 bits per heavy atom. The van der Waals surface area contributed by atoms with Crippen molar-refractivity contribution in [2.75, 3.05) is 13.2 Å². The molecule has 20 heavy (non-hydrogen) atoms. The Morgan fingerprint density at radius 3 is 3.00 bits per heavy atom. The second-order valence-corrected chi connectivity index (χ2v) is 5.12. The lowest BCUT2D eigenvalue weighted by atomic mass is 10.3. The third kappa shape index (κ3) is 2.31. The fourth-order valence-corrected chi connectivity index (χ4v) is 2.84. The summed E-state index contributed by atoms with van der Waals surface area (Å²) in [7, 11) is 0. The smallest absolute Gasteiger partial charge is 0.274 e. The molecule has 0 bridgehead atoms. The lowest BCUT2D eigenvalue weighted by Crippen LogP contribution is -2.12. The summed E-state index contributed by atoms with van der Waals surface area (Å²) in [6.07, 6.45) is 1.68. The van der Waals surface area contributed by atoms with Gasteiger partial charge < -0.3 is 10.5 Å². The van der Waals surface area contributed by atoms with Gasteiger partial charge in [0.25, 0.3) is 5.56 Å². The number of hydrogen-bond donors (Lipinski definition) is 1. The van der Waals surface area contributed by atoms with E-state index in [1.165, 1.54) is 11.5 Å². The van der Waals surface area contributed by atoms with E-state index in [0.29, 0.717) is 24.3 Å². The molecule has 3 rings (SSSR count). The van der Waals surface area contributed by atoms with E-state index in [4.69, 9.17) is 10.5 Å². The maximum atomic E-state index is 12.3. The van der Waals surface area contributed by atoms with E-state index in [2.05, 4.69) is 4.98 Å². The second-order valence-electron chi connectivity index (χ2n) is 4.18. The Morgan fingerprint density at radius 1 is 1.30 bits per heavy atom. The number of nitrogens with zero attached hydrogens (tertiary/aromatic N) is 2. The molecule has 0 aliphatic carbocycles. The molecule has 0 amide bonds. The molecule has 0 saturated heterocycles. The molecule has 2 aromatic heterocycles. The largest absolute Gasteiger partial charge is 0.492 e. The minimum atomic E-state index is -0.0610. The molecule has 102 valence electrons. The minimum absolute atomic E-state index is 0.0610. The van der Waals surface area contributed by atoms with Crippen LogP contribution in [0.15, 0.2) is 47.4 Å². The van der Waals surface area contributed by atoms with E-state index in [1.54, 1.807) is 22.3 Å². The minimum Gasteiger partial charge on any atom is -0.492 e. The van der Waals surface area contributed by atoms with Gasteiger partial charge in [0.1, 0.15) is 17.2 Å². The molecule has 0 saturated carbocycles. The topological polar surface area (TPSA) is 70.1 Å². The predicted octanol–water partition coefficient (Wildman–Crippen LogP) is 1.78. The Hall–Kier alpha value is -2.18. The number of aromatic nitrogens is 2. The second kappa shape index (κ2) is 5.44. The van der Waals surface area contributed by atoms with Crippen molar-refractivity contribution in [3.05, 3.63) is 52.9 Å². The van der Waals surface area contributed by atoms with Crippen molar-refractivity contribution in [3.8, 4) is 11.4 Å². The predicted molar refractivity (Wildman–Crippen MR) is 79.8 cm³/mol. The highest BCUT2D eigenvalue weighted by atomic mass is 32.1. The monoisotopic (exact) mass is 287 g/mol. The van der Waals surface area contributed by atoms with Crippen LogP contribution in [0.5, 0.6) is 5.75 Å². The number of benzene rings is 1.